The van der Waals surface area contributed by atoms with E-state index in [0.717, 1.165) is 0 Å². The third-order valence-corrected chi connectivity index (χ3v) is 6.22. The normalized spacial score (nSPS) is 11.2. The van der Waals surface area contributed by atoms with Gasteiger partial charge in [0.2, 0.25) is 0 Å². The topological polar surface area (TPSA) is 114 Å². The number of anilines is 2. The molecule has 3 aromatic carbocycles. The van der Waals surface area contributed by atoms with Crippen molar-refractivity contribution in [2.75, 3.05) is 10.0 Å². The number of aromatic nitrogens is 2. The average molecular weight is 489 g/mol. The van der Waals surface area contributed by atoms with Gasteiger partial charge in [0.1, 0.15) is 0 Å². The van der Waals surface area contributed by atoms with E-state index in [1.54, 1.807) is 36.4 Å². The van der Waals surface area contributed by atoms with Crippen LogP contribution in [0.3, 0.4) is 0 Å². The molecule has 0 bridgehead atoms. The summed E-state index contributed by atoms with van der Waals surface area (Å²) >= 11 is 12.1. The third kappa shape index (κ3) is 4.91. The molecule has 1 aromatic heterocycles. The Morgan fingerprint density at radius 3 is 2.34 bits per heavy atom. The van der Waals surface area contributed by atoms with Crippen molar-refractivity contribution in [3.05, 3.63) is 88.4 Å². The number of halogens is 2. The molecule has 1 amide bonds. The zero-order valence-electron chi connectivity index (χ0n) is 16.1. The molecule has 32 heavy (non-hydrogen) atoms. The first-order valence-electron chi connectivity index (χ1n) is 9.10. The van der Waals surface area contributed by atoms with Crippen LogP contribution in [0.1, 0.15) is 10.4 Å². The van der Waals surface area contributed by atoms with Crippen LogP contribution in [-0.4, -0.2) is 24.5 Å². The van der Waals surface area contributed by atoms with E-state index in [1.165, 1.54) is 36.4 Å². The highest BCUT2D eigenvalue weighted by atomic mass is 35.5. The first-order valence-corrected chi connectivity index (χ1v) is 11.3. The van der Waals surface area contributed by atoms with E-state index < -0.39 is 15.9 Å². The van der Waals surface area contributed by atoms with Crippen LogP contribution >= 0.6 is 23.2 Å². The van der Waals surface area contributed by atoms with E-state index in [0.29, 0.717) is 21.3 Å². The molecule has 0 saturated carbocycles. The predicted molar refractivity (Wildman–Crippen MR) is 121 cm³/mol. The molecule has 0 spiro atoms. The van der Waals surface area contributed by atoms with Crippen LogP contribution in [0.5, 0.6) is 0 Å². The molecule has 4 aromatic rings. The zero-order valence-corrected chi connectivity index (χ0v) is 18.4. The summed E-state index contributed by atoms with van der Waals surface area (Å²) in [5, 5.41) is 10.9. The number of nitrogens with one attached hydrogen (secondary N) is 2. The second-order valence-electron chi connectivity index (χ2n) is 6.49. The molecule has 162 valence electrons. The van der Waals surface area contributed by atoms with Gasteiger partial charge in [-0.2, -0.15) is 0 Å². The van der Waals surface area contributed by atoms with Crippen molar-refractivity contribution >= 4 is 50.8 Å². The van der Waals surface area contributed by atoms with Crippen molar-refractivity contribution in [3.8, 4) is 11.5 Å². The minimum Gasteiger partial charge on any atom is -0.403 e. The minimum absolute atomic E-state index is 0.0958. The molecule has 0 saturated heterocycles. The van der Waals surface area contributed by atoms with E-state index >= 15 is 0 Å². The van der Waals surface area contributed by atoms with Crippen molar-refractivity contribution in [1.29, 1.82) is 0 Å². The smallest absolute Gasteiger partial charge is 0.322 e. The van der Waals surface area contributed by atoms with Crippen molar-refractivity contribution < 1.29 is 17.6 Å². The number of amides is 1. The van der Waals surface area contributed by atoms with Crippen LogP contribution in [-0.2, 0) is 10.0 Å². The Kier molecular flexibility index (Phi) is 6.13. The highest BCUT2D eigenvalue weighted by Crippen LogP contribution is 2.30. The van der Waals surface area contributed by atoms with E-state index in [2.05, 4.69) is 20.2 Å². The van der Waals surface area contributed by atoms with Gasteiger partial charge in [-0.15, -0.1) is 5.10 Å². The summed E-state index contributed by atoms with van der Waals surface area (Å²) < 4.78 is 32.7. The number of rotatable bonds is 6. The molecule has 1 heterocycles. The lowest BCUT2D eigenvalue weighted by Crippen LogP contribution is -2.14. The highest BCUT2D eigenvalue weighted by Gasteiger charge is 2.16. The van der Waals surface area contributed by atoms with Crippen LogP contribution in [0, 0.1) is 0 Å². The van der Waals surface area contributed by atoms with Gasteiger partial charge in [-0.3, -0.25) is 14.8 Å². The lowest BCUT2D eigenvalue weighted by molar-refractivity contribution is 0.102. The first kappa shape index (κ1) is 21.8. The van der Waals surface area contributed by atoms with Crippen LogP contribution in [0.25, 0.3) is 11.5 Å². The maximum Gasteiger partial charge on any atom is 0.322 e. The summed E-state index contributed by atoms with van der Waals surface area (Å²) in [4.78, 5) is 12.6. The minimum atomic E-state index is -3.73. The molecule has 0 aliphatic carbocycles. The number of carbonyl (C=O) groups is 1. The van der Waals surface area contributed by atoms with Gasteiger partial charge in [0.15, 0.2) is 0 Å². The zero-order chi connectivity index (χ0) is 22.7. The van der Waals surface area contributed by atoms with Crippen molar-refractivity contribution in [2.24, 2.45) is 0 Å². The SMILES string of the molecule is O=C(Nc1nnc(-c2cc(Cl)ccc2Cl)o1)c1ccc(NS(=O)(=O)c2ccccc2)cc1. The number of hydrogen-bond donors (Lipinski definition) is 2. The van der Waals surface area contributed by atoms with Gasteiger partial charge in [-0.05, 0) is 54.6 Å². The van der Waals surface area contributed by atoms with Gasteiger partial charge in [0.05, 0.1) is 15.5 Å². The molecular weight excluding hydrogens is 475 g/mol. The Morgan fingerprint density at radius 1 is 0.906 bits per heavy atom. The fourth-order valence-corrected chi connectivity index (χ4v) is 4.17. The number of benzene rings is 3. The van der Waals surface area contributed by atoms with Gasteiger partial charge < -0.3 is 4.42 Å². The van der Waals surface area contributed by atoms with E-state index in [9.17, 15) is 13.2 Å². The Morgan fingerprint density at radius 2 is 1.62 bits per heavy atom. The second kappa shape index (κ2) is 8.99. The maximum absolute atomic E-state index is 12.5. The number of nitrogens with zero attached hydrogens (tertiary/aromatic N) is 2. The summed E-state index contributed by atoms with van der Waals surface area (Å²) in [6.45, 7) is 0. The van der Waals surface area contributed by atoms with Crippen LogP contribution < -0.4 is 10.0 Å². The molecule has 11 heteroatoms. The van der Waals surface area contributed by atoms with E-state index in [4.69, 9.17) is 27.6 Å². The fourth-order valence-electron chi connectivity index (χ4n) is 2.72. The molecule has 0 aliphatic heterocycles. The monoisotopic (exact) mass is 488 g/mol. The first-order chi connectivity index (χ1) is 15.3. The predicted octanol–water partition coefficient (Wildman–Crippen LogP) is 5.10. The summed E-state index contributed by atoms with van der Waals surface area (Å²) in [7, 11) is -3.73. The van der Waals surface area contributed by atoms with Gasteiger partial charge in [-0.25, -0.2) is 8.42 Å². The summed E-state index contributed by atoms with van der Waals surface area (Å²) in [5.41, 5.74) is 0.997. The standard InChI is InChI=1S/C21H14Cl2N4O4S/c22-14-8-11-18(23)17(12-14)20-25-26-21(31-20)24-19(28)13-6-9-15(10-7-13)27-32(29,30)16-4-2-1-3-5-16/h1-12,27H,(H,24,26,28). The molecule has 0 radical (unpaired) electrons. The largest absolute Gasteiger partial charge is 0.403 e. The highest BCUT2D eigenvalue weighted by molar-refractivity contribution is 7.92. The fraction of sp³-hybridized carbons (Fsp3) is 0. The van der Waals surface area contributed by atoms with Gasteiger partial charge >= 0.3 is 6.01 Å². The Bertz CT molecular complexity index is 1370. The summed E-state index contributed by atoms with van der Waals surface area (Å²) in [5.74, 6) is -0.423. The third-order valence-electron chi connectivity index (χ3n) is 4.26. The van der Waals surface area contributed by atoms with E-state index in [-0.39, 0.29) is 22.4 Å². The Hall–Kier alpha value is -3.40. The molecule has 8 nitrogen and oxygen atoms in total. The number of sulfonamides is 1. The Balaban J connectivity index is 1.45. The average Bonchev–Trinajstić information content (AvgIpc) is 3.24. The molecule has 0 atom stereocenters. The Labute approximate surface area is 193 Å². The van der Waals surface area contributed by atoms with Crippen molar-refractivity contribution in [3.63, 3.8) is 0 Å². The maximum atomic E-state index is 12.5. The second-order valence-corrected chi connectivity index (χ2v) is 9.01. The van der Waals surface area contributed by atoms with Crippen molar-refractivity contribution in [1.82, 2.24) is 10.2 Å². The van der Waals surface area contributed by atoms with Crippen LogP contribution in [0.4, 0.5) is 11.7 Å². The lowest BCUT2D eigenvalue weighted by Gasteiger charge is -2.08. The van der Waals surface area contributed by atoms with Gasteiger partial charge in [-0.1, -0.05) is 46.5 Å². The van der Waals surface area contributed by atoms with Crippen LogP contribution in [0.2, 0.25) is 10.0 Å². The molecule has 0 aliphatic rings. The number of hydrogen-bond acceptors (Lipinski definition) is 6. The summed E-state index contributed by atoms with van der Waals surface area (Å²) in [6.07, 6.45) is 0. The quantitative estimate of drug-likeness (QED) is 0.390. The number of carbonyl (C=O) groups excluding carboxylic acids is 1. The molecule has 0 unspecified atom stereocenters. The van der Waals surface area contributed by atoms with E-state index in [1.807, 2.05) is 0 Å². The van der Waals surface area contributed by atoms with Gasteiger partial charge in [0, 0.05) is 16.3 Å². The van der Waals surface area contributed by atoms with Gasteiger partial charge in [0.25, 0.3) is 21.8 Å². The lowest BCUT2D eigenvalue weighted by atomic mass is 10.2. The molecule has 0 fully saturated rings. The van der Waals surface area contributed by atoms with Crippen molar-refractivity contribution in [2.45, 2.75) is 4.90 Å². The summed E-state index contributed by atoms with van der Waals surface area (Å²) in [6, 6.07) is 18.5. The molecular formula is C21H14Cl2N4O4S. The molecule has 2 N–H and O–H groups in total. The molecule has 4 rings (SSSR count). The van der Waals surface area contributed by atoms with Crippen LogP contribution in [0.15, 0.2) is 82.1 Å².